The van der Waals surface area contributed by atoms with Crippen molar-refractivity contribution in [1.29, 1.82) is 0 Å². The highest BCUT2D eigenvalue weighted by Crippen LogP contribution is 2.24. The average molecular weight is 316 g/mol. The molecule has 7 nitrogen and oxygen atoms in total. The number of ether oxygens (including phenoxy) is 1. The fraction of sp³-hybridized carbons (Fsp3) is 0.273. The van der Waals surface area contributed by atoms with E-state index < -0.39 is 16.0 Å². The number of hydrogen-bond acceptors (Lipinski definition) is 7. The lowest BCUT2D eigenvalue weighted by Crippen LogP contribution is -2.16. The van der Waals surface area contributed by atoms with E-state index in [4.69, 9.17) is 4.52 Å². The van der Waals surface area contributed by atoms with Gasteiger partial charge in [-0.15, -0.1) is 11.3 Å². The van der Waals surface area contributed by atoms with Crippen molar-refractivity contribution in [2.45, 2.75) is 12.7 Å². The molecule has 0 unspecified atom stereocenters. The van der Waals surface area contributed by atoms with Crippen LogP contribution in [0.4, 0.5) is 5.69 Å². The molecule has 0 atom stereocenters. The Morgan fingerprint density at radius 1 is 1.55 bits per heavy atom. The second-order valence-corrected chi connectivity index (χ2v) is 6.58. The summed E-state index contributed by atoms with van der Waals surface area (Å²) in [6, 6.07) is 3.04. The van der Waals surface area contributed by atoms with E-state index in [1.807, 2.05) is 0 Å². The number of carbonyl (C=O) groups is 1. The molecule has 0 aliphatic rings. The standard InChI is InChI=1S/C11H12N2O5S2/c1-7-5-8(12-18-7)6-20(15,16)13-9-3-4-19-10(9)11(14)17-2/h3-5,13H,6H2,1-2H3. The molecule has 20 heavy (non-hydrogen) atoms. The summed E-state index contributed by atoms with van der Waals surface area (Å²) < 4.78 is 35.7. The number of anilines is 1. The lowest BCUT2D eigenvalue weighted by atomic mass is 10.4. The zero-order chi connectivity index (χ0) is 14.8. The summed E-state index contributed by atoms with van der Waals surface area (Å²) in [4.78, 5) is 11.7. The van der Waals surface area contributed by atoms with Gasteiger partial charge in [-0.3, -0.25) is 4.72 Å². The summed E-state index contributed by atoms with van der Waals surface area (Å²) in [6.45, 7) is 1.67. The third kappa shape index (κ3) is 3.36. The van der Waals surface area contributed by atoms with E-state index in [1.54, 1.807) is 12.3 Å². The first kappa shape index (κ1) is 14.5. The molecule has 1 N–H and O–H groups in total. The van der Waals surface area contributed by atoms with Crippen LogP contribution in [0.15, 0.2) is 22.0 Å². The fourth-order valence-corrected chi connectivity index (χ4v) is 3.46. The minimum Gasteiger partial charge on any atom is -0.465 e. The molecule has 2 rings (SSSR count). The summed E-state index contributed by atoms with van der Waals surface area (Å²) in [5.74, 6) is -0.392. The molecular formula is C11H12N2O5S2. The van der Waals surface area contributed by atoms with E-state index in [0.29, 0.717) is 11.5 Å². The second-order valence-electron chi connectivity index (χ2n) is 3.95. The highest BCUT2D eigenvalue weighted by molar-refractivity contribution is 7.91. The van der Waals surface area contributed by atoms with Gasteiger partial charge < -0.3 is 9.26 Å². The van der Waals surface area contributed by atoms with Crippen molar-refractivity contribution in [2.75, 3.05) is 11.8 Å². The molecular weight excluding hydrogens is 304 g/mol. The van der Waals surface area contributed by atoms with Gasteiger partial charge in [0.15, 0.2) is 0 Å². The second kappa shape index (κ2) is 5.63. The van der Waals surface area contributed by atoms with E-state index in [-0.39, 0.29) is 16.3 Å². The van der Waals surface area contributed by atoms with Crippen LogP contribution in [0.5, 0.6) is 0 Å². The molecule has 0 aliphatic heterocycles. The summed E-state index contributed by atoms with van der Waals surface area (Å²) in [7, 11) is -2.45. The quantitative estimate of drug-likeness (QED) is 0.844. The summed E-state index contributed by atoms with van der Waals surface area (Å²) in [5, 5.41) is 5.22. The predicted octanol–water partition coefficient (Wildman–Crippen LogP) is 1.77. The number of esters is 1. The molecule has 0 saturated carbocycles. The van der Waals surface area contributed by atoms with Crippen molar-refractivity contribution in [3.05, 3.63) is 33.8 Å². The van der Waals surface area contributed by atoms with Crippen LogP contribution >= 0.6 is 11.3 Å². The van der Waals surface area contributed by atoms with Crippen molar-refractivity contribution >= 4 is 33.0 Å². The van der Waals surface area contributed by atoms with E-state index in [2.05, 4.69) is 14.6 Å². The van der Waals surface area contributed by atoms with E-state index in [1.165, 1.54) is 19.2 Å². The number of methoxy groups -OCH3 is 1. The van der Waals surface area contributed by atoms with Crippen LogP contribution in [0.2, 0.25) is 0 Å². The van der Waals surface area contributed by atoms with Crippen LogP contribution < -0.4 is 4.72 Å². The van der Waals surface area contributed by atoms with Crippen molar-refractivity contribution in [3.63, 3.8) is 0 Å². The van der Waals surface area contributed by atoms with Crippen LogP contribution in [0.25, 0.3) is 0 Å². The molecule has 0 spiro atoms. The zero-order valence-electron chi connectivity index (χ0n) is 10.7. The van der Waals surface area contributed by atoms with Gasteiger partial charge in [0, 0.05) is 6.07 Å². The number of aryl methyl sites for hydroxylation is 1. The SMILES string of the molecule is COC(=O)c1sccc1NS(=O)(=O)Cc1cc(C)on1. The number of nitrogens with one attached hydrogen (secondary N) is 1. The fourth-order valence-electron chi connectivity index (χ4n) is 1.52. The molecule has 2 aromatic rings. The van der Waals surface area contributed by atoms with Gasteiger partial charge in [-0.1, -0.05) is 5.16 Å². The molecule has 0 saturated heterocycles. The van der Waals surface area contributed by atoms with Crippen molar-refractivity contribution < 1.29 is 22.5 Å². The monoisotopic (exact) mass is 316 g/mol. The topological polar surface area (TPSA) is 98.5 Å². The number of sulfonamides is 1. The lowest BCUT2D eigenvalue weighted by molar-refractivity contribution is 0.0607. The van der Waals surface area contributed by atoms with Crippen LogP contribution in [-0.4, -0.2) is 26.7 Å². The van der Waals surface area contributed by atoms with E-state index >= 15 is 0 Å². The van der Waals surface area contributed by atoms with Crippen molar-refractivity contribution in [2.24, 2.45) is 0 Å². The van der Waals surface area contributed by atoms with Crippen LogP contribution in [0, 0.1) is 6.92 Å². The number of carbonyl (C=O) groups excluding carboxylic acids is 1. The van der Waals surface area contributed by atoms with E-state index in [9.17, 15) is 13.2 Å². The van der Waals surface area contributed by atoms with Crippen molar-refractivity contribution in [1.82, 2.24) is 5.16 Å². The van der Waals surface area contributed by atoms with Gasteiger partial charge in [-0.2, -0.15) is 0 Å². The number of aromatic nitrogens is 1. The molecule has 0 fully saturated rings. The van der Waals surface area contributed by atoms with Gasteiger partial charge in [0.2, 0.25) is 10.0 Å². The highest BCUT2D eigenvalue weighted by Gasteiger charge is 2.20. The Balaban J connectivity index is 2.16. The molecule has 0 aliphatic carbocycles. The van der Waals surface area contributed by atoms with Crippen LogP contribution in [-0.2, 0) is 20.5 Å². The number of thiophene rings is 1. The first-order valence-electron chi connectivity index (χ1n) is 5.50. The number of hydrogen-bond donors (Lipinski definition) is 1. The van der Waals surface area contributed by atoms with Gasteiger partial charge in [-0.05, 0) is 18.4 Å². The Bertz CT molecular complexity index is 717. The number of rotatable bonds is 5. The average Bonchev–Trinajstić information content (AvgIpc) is 2.96. The zero-order valence-corrected chi connectivity index (χ0v) is 12.4. The Hall–Kier alpha value is -1.87. The Morgan fingerprint density at radius 3 is 2.90 bits per heavy atom. The van der Waals surface area contributed by atoms with Crippen molar-refractivity contribution in [3.8, 4) is 0 Å². The van der Waals surface area contributed by atoms with Gasteiger partial charge in [-0.25, -0.2) is 13.2 Å². The minimum absolute atomic E-state index is 0.196. The third-order valence-corrected chi connectivity index (χ3v) is 4.42. The number of nitrogens with zero attached hydrogens (tertiary/aromatic N) is 1. The molecule has 0 bridgehead atoms. The maximum atomic E-state index is 12.0. The highest BCUT2D eigenvalue weighted by atomic mass is 32.2. The molecule has 2 aromatic heterocycles. The van der Waals surface area contributed by atoms with Gasteiger partial charge in [0.25, 0.3) is 0 Å². The first-order chi connectivity index (χ1) is 9.41. The molecule has 108 valence electrons. The Kier molecular flexibility index (Phi) is 4.09. The summed E-state index contributed by atoms with van der Waals surface area (Å²) in [6.07, 6.45) is 0. The maximum absolute atomic E-state index is 12.0. The largest absolute Gasteiger partial charge is 0.465 e. The molecule has 2 heterocycles. The molecule has 0 amide bonds. The smallest absolute Gasteiger partial charge is 0.350 e. The van der Waals surface area contributed by atoms with E-state index in [0.717, 1.165) is 11.3 Å². The normalized spacial score (nSPS) is 11.3. The summed E-state index contributed by atoms with van der Waals surface area (Å²) >= 11 is 1.10. The Labute approximate surface area is 119 Å². The maximum Gasteiger partial charge on any atom is 0.350 e. The lowest BCUT2D eigenvalue weighted by Gasteiger charge is -2.06. The molecule has 0 radical (unpaired) electrons. The van der Waals surface area contributed by atoms with Gasteiger partial charge in [0.05, 0.1) is 12.8 Å². The Morgan fingerprint density at radius 2 is 2.30 bits per heavy atom. The van der Waals surface area contributed by atoms with Crippen LogP contribution in [0.1, 0.15) is 21.1 Å². The summed E-state index contributed by atoms with van der Waals surface area (Å²) in [5.41, 5.74) is 0.493. The first-order valence-corrected chi connectivity index (χ1v) is 8.03. The predicted molar refractivity (Wildman–Crippen MR) is 73.1 cm³/mol. The van der Waals surface area contributed by atoms with Gasteiger partial charge in [0.1, 0.15) is 22.1 Å². The minimum atomic E-state index is -3.68. The third-order valence-electron chi connectivity index (χ3n) is 2.32. The van der Waals surface area contributed by atoms with Crippen LogP contribution in [0.3, 0.4) is 0 Å². The van der Waals surface area contributed by atoms with Gasteiger partial charge >= 0.3 is 5.97 Å². The molecule has 9 heteroatoms. The molecule has 0 aromatic carbocycles.